The molecule has 0 amide bonds. The van der Waals surface area contributed by atoms with Crippen molar-refractivity contribution in [2.75, 3.05) is 6.61 Å². The molecule has 3 N–H and O–H groups in total. The largest absolute Gasteiger partial charge is 0.394 e. The average molecular weight is 286 g/mol. The Labute approximate surface area is 113 Å². The van der Waals surface area contributed by atoms with Crippen LogP contribution in [0.25, 0.3) is 0 Å². The summed E-state index contributed by atoms with van der Waals surface area (Å²) in [6.07, 6.45) is 0. The van der Waals surface area contributed by atoms with Crippen molar-refractivity contribution in [3.8, 4) is 0 Å². The molecule has 0 saturated heterocycles. The number of hydrogen-bond donors (Lipinski definition) is 2. The van der Waals surface area contributed by atoms with Gasteiger partial charge in [0.05, 0.1) is 12.4 Å². The summed E-state index contributed by atoms with van der Waals surface area (Å²) in [5.41, 5.74) is 5.56. The molecule has 0 saturated carbocycles. The Bertz CT molecular complexity index is 520. The van der Waals surface area contributed by atoms with E-state index in [1.54, 1.807) is 11.8 Å². The van der Waals surface area contributed by atoms with Crippen molar-refractivity contribution in [2.24, 2.45) is 5.73 Å². The zero-order valence-electron chi connectivity index (χ0n) is 9.41. The number of aliphatic hydroxyl groups is 1. The number of aromatic nitrogens is 2. The van der Waals surface area contributed by atoms with Crippen LogP contribution < -0.4 is 5.73 Å². The Balaban J connectivity index is 1.96. The number of thioether (sulfide) groups is 1. The molecule has 1 aromatic heterocycles. The van der Waals surface area contributed by atoms with Gasteiger partial charge in [0.25, 0.3) is 0 Å². The highest BCUT2D eigenvalue weighted by Gasteiger charge is 2.13. The molecule has 5 nitrogen and oxygen atoms in total. The maximum absolute atomic E-state index is 8.86. The number of rotatable bonds is 5. The lowest BCUT2D eigenvalue weighted by atomic mass is 10.3. The van der Waals surface area contributed by atoms with Gasteiger partial charge in [-0.15, -0.1) is 11.8 Å². The van der Waals surface area contributed by atoms with E-state index in [0.717, 1.165) is 4.90 Å². The molecule has 0 fully saturated rings. The van der Waals surface area contributed by atoms with Gasteiger partial charge < -0.3 is 15.4 Å². The fourth-order valence-electron chi connectivity index (χ4n) is 1.26. The lowest BCUT2D eigenvalue weighted by Crippen LogP contribution is -2.14. The standard InChI is InChI=1S/C11H12ClN3O2S/c12-7-2-1-3-8(4-7)18-6-10-14-11(17-15-10)9(13)5-16/h1-4,9,16H,5-6,13H2/t9-/m1/s1. The molecule has 0 bridgehead atoms. The van der Waals surface area contributed by atoms with E-state index in [1.807, 2.05) is 24.3 Å². The first-order valence-electron chi connectivity index (χ1n) is 5.26. The molecule has 2 aromatic rings. The molecule has 96 valence electrons. The minimum absolute atomic E-state index is 0.219. The van der Waals surface area contributed by atoms with Gasteiger partial charge in [0.2, 0.25) is 5.89 Å². The van der Waals surface area contributed by atoms with Crippen molar-refractivity contribution < 1.29 is 9.63 Å². The van der Waals surface area contributed by atoms with Gasteiger partial charge in [-0.25, -0.2) is 0 Å². The first-order chi connectivity index (χ1) is 8.69. The molecule has 0 radical (unpaired) electrons. The average Bonchev–Trinajstić information content (AvgIpc) is 2.84. The zero-order valence-corrected chi connectivity index (χ0v) is 11.0. The van der Waals surface area contributed by atoms with E-state index < -0.39 is 6.04 Å². The van der Waals surface area contributed by atoms with Gasteiger partial charge >= 0.3 is 0 Å². The fraction of sp³-hybridized carbons (Fsp3) is 0.273. The van der Waals surface area contributed by atoms with Crippen molar-refractivity contribution in [3.63, 3.8) is 0 Å². The predicted octanol–water partition coefficient (Wildman–Crippen LogP) is 2.01. The van der Waals surface area contributed by atoms with Gasteiger partial charge in [-0.1, -0.05) is 22.8 Å². The maximum Gasteiger partial charge on any atom is 0.245 e. The van der Waals surface area contributed by atoms with Crippen LogP contribution in [-0.4, -0.2) is 21.9 Å². The van der Waals surface area contributed by atoms with E-state index in [-0.39, 0.29) is 12.5 Å². The molecular formula is C11H12ClN3O2S. The van der Waals surface area contributed by atoms with Crippen molar-refractivity contribution in [3.05, 3.63) is 41.0 Å². The van der Waals surface area contributed by atoms with Crippen LogP contribution in [0.1, 0.15) is 17.8 Å². The number of aliphatic hydroxyl groups excluding tert-OH is 1. The number of hydrogen-bond acceptors (Lipinski definition) is 6. The van der Waals surface area contributed by atoms with Crippen molar-refractivity contribution in [1.82, 2.24) is 10.1 Å². The Kier molecular flexibility index (Phi) is 4.60. The maximum atomic E-state index is 8.86. The van der Waals surface area contributed by atoms with E-state index in [9.17, 15) is 0 Å². The van der Waals surface area contributed by atoms with Gasteiger partial charge in [0.1, 0.15) is 6.04 Å². The quantitative estimate of drug-likeness (QED) is 0.818. The lowest BCUT2D eigenvalue weighted by Gasteiger charge is -1.99. The number of halogens is 1. The summed E-state index contributed by atoms with van der Waals surface area (Å²) < 4.78 is 4.94. The number of benzene rings is 1. The molecule has 18 heavy (non-hydrogen) atoms. The second kappa shape index (κ2) is 6.19. The van der Waals surface area contributed by atoms with E-state index in [0.29, 0.717) is 16.6 Å². The number of nitrogens with two attached hydrogens (primary N) is 1. The van der Waals surface area contributed by atoms with E-state index in [2.05, 4.69) is 10.1 Å². The van der Waals surface area contributed by atoms with Crippen LogP contribution in [0.15, 0.2) is 33.7 Å². The molecule has 1 atom stereocenters. The van der Waals surface area contributed by atoms with Crippen molar-refractivity contribution in [1.29, 1.82) is 0 Å². The highest BCUT2D eigenvalue weighted by molar-refractivity contribution is 7.98. The molecule has 0 aliphatic carbocycles. The van der Waals surface area contributed by atoms with Crippen LogP contribution in [0.4, 0.5) is 0 Å². The van der Waals surface area contributed by atoms with Crippen LogP contribution >= 0.6 is 23.4 Å². The molecule has 1 heterocycles. The van der Waals surface area contributed by atoms with Gasteiger partial charge in [0.15, 0.2) is 5.82 Å². The van der Waals surface area contributed by atoms with Gasteiger partial charge in [-0.2, -0.15) is 4.98 Å². The third-order valence-electron chi connectivity index (χ3n) is 2.16. The normalized spacial score (nSPS) is 12.6. The molecule has 2 rings (SSSR count). The minimum atomic E-state index is -0.623. The third kappa shape index (κ3) is 3.46. The lowest BCUT2D eigenvalue weighted by molar-refractivity contribution is 0.236. The molecule has 0 unspecified atom stereocenters. The van der Waals surface area contributed by atoms with Crippen molar-refractivity contribution >= 4 is 23.4 Å². The molecule has 7 heteroatoms. The van der Waals surface area contributed by atoms with Crippen LogP contribution in [0.3, 0.4) is 0 Å². The molecular weight excluding hydrogens is 274 g/mol. The summed E-state index contributed by atoms with van der Waals surface area (Å²) in [5.74, 6) is 1.35. The molecule has 1 aromatic carbocycles. The van der Waals surface area contributed by atoms with Gasteiger partial charge in [-0.05, 0) is 18.2 Å². The SMILES string of the molecule is N[C@H](CO)c1nc(CSc2cccc(Cl)c2)no1. The zero-order chi connectivity index (χ0) is 13.0. The first kappa shape index (κ1) is 13.4. The number of nitrogens with zero attached hydrogens (tertiary/aromatic N) is 2. The Morgan fingerprint density at radius 2 is 2.33 bits per heavy atom. The summed E-state index contributed by atoms with van der Waals surface area (Å²) >= 11 is 7.43. The molecule has 0 aliphatic rings. The summed E-state index contributed by atoms with van der Waals surface area (Å²) in [4.78, 5) is 5.13. The highest BCUT2D eigenvalue weighted by Crippen LogP contribution is 2.24. The van der Waals surface area contributed by atoms with Gasteiger partial charge in [-0.3, -0.25) is 0 Å². The smallest absolute Gasteiger partial charge is 0.245 e. The predicted molar refractivity (Wildman–Crippen MR) is 69.3 cm³/mol. The third-order valence-corrected chi connectivity index (χ3v) is 3.39. The van der Waals surface area contributed by atoms with E-state index >= 15 is 0 Å². The van der Waals surface area contributed by atoms with E-state index in [1.165, 1.54) is 0 Å². The summed E-state index contributed by atoms with van der Waals surface area (Å²) in [6.45, 7) is -0.219. The minimum Gasteiger partial charge on any atom is -0.394 e. The van der Waals surface area contributed by atoms with E-state index in [4.69, 9.17) is 27.0 Å². The van der Waals surface area contributed by atoms with Gasteiger partial charge in [0, 0.05) is 9.92 Å². The Morgan fingerprint density at radius 1 is 1.50 bits per heavy atom. The topological polar surface area (TPSA) is 85.2 Å². The van der Waals surface area contributed by atoms with Crippen LogP contribution in [-0.2, 0) is 5.75 Å². The summed E-state index contributed by atoms with van der Waals surface area (Å²) in [5, 5.41) is 13.3. The van der Waals surface area contributed by atoms with Crippen LogP contribution in [0.5, 0.6) is 0 Å². The second-order valence-corrected chi connectivity index (χ2v) is 5.07. The molecule has 0 spiro atoms. The summed E-state index contributed by atoms with van der Waals surface area (Å²) in [6, 6.07) is 6.90. The van der Waals surface area contributed by atoms with Crippen LogP contribution in [0.2, 0.25) is 5.02 Å². The monoisotopic (exact) mass is 285 g/mol. The highest BCUT2D eigenvalue weighted by atomic mass is 35.5. The molecule has 0 aliphatic heterocycles. The Hall–Kier alpha value is -1.08. The second-order valence-electron chi connectivity index (χ2n) is 3.58. The van der Waals surface area contributed by atoms with Crippen LogP contribution in [0, 0.1) is 0 Å². The van der Waals surface area contributed by atoms with Crippen molar-refractivity contribution in [2.45, 2.75) is 16.7 Å². The fourth-order valence-corrected chi connectivity index (χ4v) is 2.31. The Morgan fingerprint density at radius 3 is 3.06 bits per heavy atom. The summed E-state index contributed by atoms with van der Waals surface area (Å²) in [7, 11) is 0. The first-order valence-corrected chi connectivity index (χ1v) is 6.62.